The topological polar surface area (TPSA) is 64.2 Å². The van der Waals surface area contributed by atoms with E-state index in [0.717, 1.165) is 38.9 Å². The van der Waals surface area contributed by atoms with Gasteiger partial charge in [-0.25, -0.2) is 19.3 Å². The third kappa shape index (κ3) is 5.64. The Hall–Kier alpha value is -2.21. The van der Waals surface area contributed by atoms with Crippen molar-refractivity contribution in [1.29, 1.82) is 0 Å². The predicted molar refractivity (Wildman–Crippen MR) is 134 cm³/mol. The number of piperidine rings is 1. The number of aromatic amines is 1. The van der Waals surface area contributed by atoms with E-state index in [1.54, 1.807) is 12.1 Å². The molecule has 0 spiro atoms. The molecule has 4 heterocycles. The van der Waals surface area contributed by atoms with Gasteiger partial charge in [0.25, 0.3) is 0 Å². The Labute approximate surface area is 221 Å². The molecule has 0 bridgehead atoms. The Balaban J connectivity index is 1.23. The number of piperazine rings is 1. The molecule has 2 aromatic heterocycles. The third-order valence-electron chi connectivity index (χ3n) is 7.28. The first-order valence-electron chi connectivity index (χ1n) is 12.3. The number of benzene rings is 1. The summed E-state index contributed by atoms with van der Waals surface area (Å²) in [5.74, 6) is -1.06. The number of hydrogen-bond donors (Lipinski definition) is 1. The van der Waals surface area contributed by atoms with Crippen LogP contribution in [0.5, 0.6) is 0 Å². The highest BCUT2D eigenvalue weighted by molar-refractivity contribution is 6.32. The fourth-order valence-corrected chi connectivity index (χ4v) is 5.75. The summed E-state index contributed by atoms with van der Waals surface area (Å²) in [5.41, 5.74) is 0.459. The van der Waals surface area contributed by atoms with Crippen molar-refractivity contribution in [1.82, 2.24) is 29.7 Å². The van der Waals surface area contributed by atoms with Gasteiger partial charge in [-0.3, -0.25) is 9.80 Å². The van der Waals surface area contributed by atoms with Gasteiger partial charge in [-0.1, -0.05) is 36.2 Å². The first-order chi connectivity index (χ1) is 17.6. The van der Waals surface area contributed by atoms with E-state index in [0.29, 0.717) is 42.1 Å². The molecular weight excluding hydrogens is 533 g/mol. The van der Waals surface area contributed by atoms with E-state index in [2.05, 4.69) is 36.7 Å². The molecule has 3 aromatic rings. The minimum atomic E-state index is -4.62. The maximum atomic E-state index is 14.2. The molecule has 5 rings (SSSR count). The van der Waals surface area contributed by atoms with Gasteiger partial charge in [0.1, 0.15) is 5.82 Å². The monoisotopic (exact) mass is 559 g/mol. The number of H-pyrrole nitrogens is 1. The summed E-state index contributed by atoms with van der Waals surface area (Å²) < 4.78 is 53.3. The number of anilines is 1. The van der Waals surface area contributed by atoms with E-state index < -0.39 is 12.0 Å². The minimum Gasteiger partial charge on any atom is -0.351 e. The molecule has 2 aliphatic heterocycles. The van der Waals surface area contributed by atoms with Crippen molar-refractivity contribution in [3.63, 3.8) is 0 Å². The quantitative estimate of drug-likeness (QED) is 0.423. The average Bonchev–Trinajstić information content (AvgIpc) is 3.29. The summed E-state index contributed by atoms with van der Waals surface area (Å²) in [6, 6.07) is 5.45. The molecule has 0 amide bonds. The summed E-state index contributed by atoms with van der Waals surface area (Å²) in [7, 11) is 0. The fraction of sp³-hybridized carbons (Fsp3) is 0.542. The predicted octanol–water partition coefficient (Wildman–Crippen LogP) is 5.38. The zero-order chi connectivity index (χ0) is 26.3. The fourth-order valence-electron chi connectivity index (χ4n) is 5.35. The zero-order valence-corrected chi connectivity index (χ0v) is 21.7. The highest BCUT2D eigenvalue weighted by atomic mass is 35.5. The molecule has 37 heavy (non-hydrogen) atoms. The molecule has 1 N–H and O–H groups in total. The summed E-state index contributed by atoms with van der Waals surface area (Å²) in [6.45, 7) is 6.48. The van der Waals surface area contributed by atoms with E-state index in [4.69, 9.17) is 23.2 Å². The van der Waals surface area contributed by atoms with Crippen molar-refractivity contribution < 1.29 is 17.6 Å². The van der Waals surface area contributed by atoms with E-state index in [1.807, 2.05) is 4.90 Å². The van der Waals surface area contributed by atoms with Crippen LogP contribution in [0.3, 0.4) is 0 Å². The SMILES string of the molecule is CC[C@H]1CN(c2nc3nc(C(F)(F)F)[nH]c3nc2Cl)CCN1C1CCN(Cc2ccc(Cl)cc2F)CC1. The van der Waals surface area contributed by atoms with Crippen LogP contribution in [0.1, 0.15) is 37.6 Å². The van der Waals surface area contributed by atoms with Crippen molar-refractivity contribution in [2.75, 3.05) is 37.6 Å². The van der Waals surface area contributed by atoms with Crippen LogP contribution in [0.4, 0.5) is 23.4 Å². The highest BCUT2D eigenvalue weighted by Gasteiger charge is 2.37. The number of aromatic nitrogens is 4. The van der Waals surface area contributed by atoms with Crippen LogP contribution in [-0.4, -0.2) is 74.5 Å². The first-order valence-corrected chi connectivity index (χ1v) is 13.1. The van der Waals surface area contributed by atoms with Crippen LogP contribution in [0.2, 0.25) is 10.2 Å². The molecule has 0 aliphatic carbocycles. The van der Waals surface area contributed by atoms with Gasteiger partial charge in [0.15, 0.2) is 22.3 Å². The number of likely N-dealkylation sites (tertiary alicyclic amines) is 1. The van der Waals surface area contributed by atoms with Gasteiger partial charge in [0.05, 0.1) is 0 Å². The molecule has 2 fully saturated rings. The van der Waals surface area contributed by atoms with Crippen LogP contribution in [0.15, 0.2) is 18.2 Å². The Kier molecular flexibility index (Phi) is 7.50. The average molecular weight is 560 g/mol. The van der Waals surface area contributed by atoms with Crippen LogP contribution < -0.4 is 4.90 Å². The number of hydrogen-bond acceptors (Lipinski definition) is 6. The minimum absolute atomic E-state index is 0.0518. The molecule has 0 unspecified atom stereocenters. The van der Waals surface area contributed by atoms with Crippen molar-refractivity contribution >= 4 is 40.3 Å². The van der Waals surface area contributed by atoms with Crippen molar-refractivity contribution in [3.8, 4) is 0 Å². The number of halogens is 6. The van der Waals surface area contributed by atoms with Gasteiger partial charge < -0.3 is 9.88 Å². The summed E-state index contributed by atoms with van der Waals surface area (Å²) in [5, 5.41) is 0.447. The number of nitrogens with one attached hydrogen (secondary N) is 1. The van der Waals surface area contributed by atoms with E-state index >= 15 is 0 Å². The third-order valence-corrected chi connectivity index (χ3v) is 7.76. The van der Waals surface area contributed by atoms with Gasteiger partial charge in [-0.05, 0) is 44.5 Å². The van der Waals surface area contributed by atoms with Crippen LogP contribution in [0, 0.1) is 5.82 Å². The zero-order valence-electron chi connectivity index (χ0n) is 20.2. The highest BCUT2D eigenvalue weighted by Crippen LogP contribution is 2.32. The Bertz CT molecular complexity index is 1260. The Morgan fingerprint density at radius 2 is 1.81 bits per heavy atom. The summed E-state index contributed by atoms with van der Waals surface area (Å²) >= 11 is 12.2. The summed E-state index contributed by atoms with van der Waals surface area (Å²) in [4.78, 5) is 20.9. The Morgan fingerprint density at radius 1 is 1.05 bits per heavy atom. The largest absolute Gasteiger partial charge is 0.449 e. The van der Waals surface area contributed by atoms with E-state index in [-0.39, 0.29) is 28.3 Å². The van der Waals surface area contributed by atoms with E-state index in [9.17, 15) is 17.6 Å². The lowest BCUT2D eigenvalue weighted by molar-refractivity contribution is -0.144. The maximum Gasteiger partial charge on any atom is 0.449 e. The summed E-state index contributed by atoms with van der Waals surface area (Å²) in [6.07, 6.45) is -1.76. The lowest BCUT2D eigenvalue weighted by atomic mass is 9.98. The van der Waals surface area contributed by atoms with Crippen molar-refractivity contribution in [2.45, 2.75) is 51.0 Å². The molecule has 1 aromatic carbocycles. The second kappa shape index (κ2) is 10.5. The van der Waals surface area contributed by atoms with E-state index in [1.165, 1.54) is 6.07 Å². The molecule has 200 valence electrons. The smallest absolute Gasteiger partial charge is 0.351 e. The molecule has 0 radical (unpaired) electrons. The second-order valence-corrected chi connectivity index (χ2v) is 10.4. The number of fused-ring (bicyclic) bond motifs is 1. The second-order valence-electron chi connectivity index (χ2n) is 9.58. The number of nitrogens with zero attached hydrogens (tertiary/aromatic N) is 6. The standard InChI is InChI=1S/C24H27Cl2F4N7/c1-2-16-13-36(22-19(26)31-20-21(32-22)34-23(33-20)24(28,29)30)9-10-37(16)17-5-7-35(8-6-17)12-14-3-4-15(25)11-18(14)27/h3-4,11,16-17H,2,5-10,12-13H2,1H3,(H,31,32,33,34)/t16-/m0/s1. The molecule has 7 nitrogen and oxygen atoms in total. The number of imidazole rings is 1. The maximum absolute atomic E-state index is 14.2. The van der Waals surface area contributed by atoms with Gasteiger partial charge in [0, 0.05) is 48.8 Å². The lowest BCUT2D eigenvalue weighted by Crippen LogP contribution is -2.58. The van der Waals surface area contributed by atoms with Crippen molar-refractivity contribution in [3.05, 3.63) is 45.6 Å². The normalized spacial score (nSPS) is 20.7. The first kappa shape index (κ1) is 26.4. The molecule has 13 heteroatoms. The van der Waals surface area contributed by atoms with Crippen molar-refractivity contribution in [2.24, 2.45) is 0 Å². The number of rotatable bonds is 5. The Morgan fingerprint density at radius 3 is 2.49 bits per heavy atom. The van der Waals surface area contributed by atoms with Crippen LogP contribution in [-0.2, 0) is 12.7 Å². The molecule has 1 atom stereocenters. The molecule has 0 saturated carbocycles. The van der Waals surface area contributed by atoms with Gasteiger partial charge in [-0.2, -0.15) is 13.2 Å². The van der Waals surface area contributed by atoms with Gasteiger partial charge in [-0.15, -0.1) is 0 Å². The van der Waals surface area contributed by atoms with Crippen LogP contribution in [0.25, 0.3) is 11.3 Å². The van der Waals surface area contributed by atoms with Gasteiger partial charge >= 0.3 is 6.18 Å². The van der Waals surface area contributed by atoms with Gasteiger partial charge in [0.2, 0.25) is 5.82 Å². The number of alkyl halides is 3. The molecule has 2 aliphatic rings. The lowest BCUT2D eigenvalue weighted by Gasteiger charge is -2.47. The van der Waals surface area contributed by atoms with Crippen LogP contribution >= 0.6 is 23.2 Å². The molecular formula is C24H27Cl2F4N7. The molecule has 2 saturated heterocycles.